The predicted molar refractivity (Wildman–Crippen MR) is 73.4 cm³/mol. The molecule has 1 aromatic heterocycles. The summed E-state index contributed by atoms with van der Waals surface area (Å²) < 4.78 is 0. The first-order chi connectivity index (χ1) is 9.24. The average Bonchev–Trinajstić information content (AvgIpc) is 2.43. The van der Waals surface area contributed by atoms with Gasteiger partial charge in [-0.1, -0.05) is 22.8 Å². The van der Waals surface area contributed by atoms with Crippen LogP contribution in [0.4, 0.5) is 10.5 Å². The maximum atomic E-state index is 11.4. The molecule has 0 radical (unpaired) electrons. The van der Waals surface area contributed by atoms with E-state index in [0.717, 1.165) is 0 Å². The summed E-state index contributed by atoms with van der Waals surface area (Å²) in [5, 5.41) is 6.62. The molecule has 1 N–H and O–H groups in total. The van der Waals surface area contributed by atoms with Crippen LogP contribution in [0.5, 0.6) is 0 Å². The van der Waals surface area contributed by atoms with Crippen LogP contribution < -0.4 is 5.32 Å². The van der Waals surface area contributed by atoms with Crippen LogP contribution in [0.2, 0.25) is 5.02 Å². The van der Waals surface area contributed by atoms with Crippen molar-refractivity contribution in [1.29, 1.82) is 0 Å². The summed E-state index contributed by atoms with van der Waals surface area (Å²) in [6.45, 7) is 0. The Balaban J connectivity index is 1.85. The van der Waals surface area contributed by atoms with Gasteiger partial charge in [-0.2, -0.15) is 0 Å². The lowest BCUT2D eigenvalue weighted by molar-refractivity contribution is 0.167. The van der Waals surface area contributed by atoms with Crippen molar-refractivity contribution in [3.8, 4) is 0 Å². The van der Waals surface area contributed by atoms with E-state index in [9.17, 15) is 4.79 Å². The summed E-state index contributed by atoms with van der Waals surface area (Å²) in [5.41, 5.74) is 1.17. The van der Waals surface area contributed by atoms with Gasteiger partial charge in [0, 0.05) is 16.9 Å². The van der Waals surface area contributed by atoms with Crippen LogP contribution in [0, 0.1) is 0 Å². The molecule has 2 aromatic rings. The van der Waals surface area contributed by atoms with Gasteiger partial charge in [0.2, 0.25) is 0 Å². The molecule has 0 bridgehead atoms. The quantitative estimate of drug-likeness (QED) is 0.531. The number of pyridine rings is 1. The highest BCUT2D eigenvalue weighted by atomic mass is 35.5. The van der Waals surface area contributed by atoms with E-state index in [0.29, 0.717) is 16.4 Å². The number of hydrogen-bond acceptors (Lipinski definition) is 4. The van der Waals surface area contributed by atoms with Crippen LogP contribution in [0.15, 0.2) is 53.8 Å². The Labute approximate surface area is 114 Å². The molecule has 0 atom stereocenters. The lowest BCUT2D eigenvalue weighted by Crippen LogP contribution is -2.10. The molecule has 1 amide bonds. The Morgan fingerprint density at radius 1 is 1.26 bits per heavy atom. The van der Waals surface area contributed by atoms with Gasteiger partial charge >= 0.3 is 6.09 Å². The number of aromatic nitrogens is 1. The number of rotatable bonds is 3. The smallest absolute Gasteiger partial charge is 0.298 e. The number of oxime groups is 1. The number of anilines is 1. The number of nitrogens with zero attached hydrogens (tertiary/aromatic N) is 2. The van der Waals surface area contributed by atoms with E-state index in [1.807, 2.05) is 6.07 Å². The van der Waals surface area contributed by atoms with E-state index >= 15 is 0 Å². The van der Waals surface area contributed by atoms with Gasteiger partial charge in [0.15, 0.2) is 0 Å². The Morgan fingerprint density at radius 3 is 2.74 bits per heavy atom. The molecule has 0 unspecified atom stereocenters. The number of carbonyl (C=O) groups is 1. The molecule has 1 aromatic carbocycles. The summed E-state index contributed by atoms with van der Waals surface area (Å²) in [7, 11) is 0. The minimum absolute atomic E-state index is 0.572. The number of nitrogens with one attached hydrogen (secondary N) is 1. The number of carbonyl (C=O) groups excluding carboxylic acids is 1. The molecule has 2 rings (SSSR count). The summed E-state index contributed by atoms with van der Waals surface area (Å²) in [6.07, 6.45) is 2.28. The Kier molecular flexibility index (Phi) is 4.47. The highest BCUT2D eigenvalue weighted by molar-refractivity contribution is 6.30. The van der Waals surface area contributed by atoms with Crippen LogP contribution in [0.1, 0.15) is 5.69 Å². The fourth-order valence-electron chi connectivity index (χ4n) is 1.25. The van der Waals surface area contributed by atoms with Gasteiger partial charge in [-0.25, -0.2) is 4.79 Å². The van der Waals surface area contributed by atoms with E-state index in [-0.39, 0.29) is 0 Å². The zero-order valence-corrected chi connectivity index (χ0v) is 10.5. The summed E-state index contributed by atoms with van der Waals surface area (Å²) >= 11 is 5.73. The van der Waals surface area contributed by atoms with E-state index in [2.05, 4.69) is 20.3 Å². The van der Waals surface area contributed by atoms with Crippen molar-refractivity contribution in [1.82, 2.24) is 4.98 Å². The average molecular weight is 276 g/mol. The van der Waals surface area contributed by atoms with Crippen LogP contribution in [-0.4, -0.2) is 17.3 Å². The van der Waals surface area contributed by atoms with Crippen molar-refractivity contribution in [3.05, 3.63) is 59.4 Å². The molecule has 0 spiro atoms. The van der Waals surface area contributed by atoms with Crippen molar-refractivity contribution in [3.63, 3.8) is 0 Å². The van der Waals surface area contributed by atoms with E-state index in [4.69, 9.17) is 11.6 Å². The fraction of sp³-hybridized carbons (Fsp3) is 0. The highest BCUT2D eigenvalue weighted by Crippen LogP contribution is 2.13. The van der Waals surface area contributed by atoms with Crippen LogP contribution in [0.3, 0.4) is 0 Å². The van der Waals surface area contributed by atoms with Gasteiger partial charge in [0.25, 0.3) is 0 Å². The topological polar surface area (TPSA) is 63.6 Å². The number of amides is 1. The number of hydrogen-bond donors (Lipinski definition) is 1. The first kappa shape index (κ1) is 13.0. The van der Waals surface area contributed by atoms with Crippen molar-refractivity contribution in [2.24, 2.45) is 5.16 Å². The minimum Gasteiger partial charge on any atom is -0.298 e. The molecule has 19 heavy (non-hydrogen) atoms. The third kappa shape index (κ3) is 4.40. The molecule has 6 heteroatoms. The summed E-state index contributed by atoms with van der Waals surface area (Å²) in [6, 6.07) is 12.0. The molecule has 0 fully saturated rings. The first-order valence-electron chi connectivity index (χ1n) is 5.42. The molecule has 0 aliphatic carbocycles. The first-order valence-corrected chi connectivity index (χ1v) is 5.80. The lowest BCUT2D eigenvalue weighted by Gasteiger charge is -2.01. The largest absolute Gasteiger partial charge is 0.437 e. The van der Waals surface area contributed by atoms with Gasteiger partial charge < -0.3 is 0 Å². The third-order valence-corrected chi connectivity index (χ3v) is 2.35. The zero-order valence-electron chi connectivity index (χ0n) is 9.79. The number of benzene rings is 1. The van der Waals surface area contributed by atoms with Gasteiger partial charge in [0.05, 0.1) is 11.9 Å². The second-order valence-electron chi connectivity index (χ2n) is 3.50. The minimum atomic E-state index is -0.686. The summed E-state index contributed by atoms with van der Waals surface area (Å²) in [4.78, 5) is 20.0. The van der Waals surface area contributed by atoms with E-state index in [1.54, 1.807) is 42.6 Å². The SMILES string of the molecule is O=C(Nc1ccc(Cl)cc1)ON=Cc1ccccn1. The maximum Gasteiger partial charge on any atom is 0.437 e. The second-order valence-corrected chi connectivity index (χ2v) is 3.94. The molecular formula is C13H10ClN3O2. The van der Waals surface area contributed by atoms with Gasteiger partial charge in [-0.05, 0) is 36.4 Å². The van der Waals surface area contributed by atoms with Gasteiger partial charge in [-0.15, -0.1) is 0 Å². The standard InChI is InChI=1S/C13H10ClN3O2/c14-10-4-6-11(7-5-10)17-13(18)19-16-9-12-3-1-2-8-15-12/h1-9H,(H,17,18). The van der Waals surface area contributed by atoms with Crippen molar-refractivity contribution in [2.45, 2.75) is 0 Å². The second kappa shape index (κ2) is 6.51. The van der Waals surface area contributed by atoms with E-state index < -0.39 is 6.09 Å². The Bertz CT molecular complexity index is 570. The monoisotopic (exact) mass is 275 g/mol. The van der Waals surface area contributed by atoms with Crippen molar-refractivity contribution >= 4 is 29.6 Å². The highest BCUT2D eigenvalue weighted by Gasteiger charge is 2.01. The molecule has 1 heterocycles. The third-order valence-electron chi connectivity index (χ3n) is 2.10. The molecular weight excluding hydrogens is 266 g/mol. The molecule has 96 valence electrons. The van der Waals surface area contributed by atoms with Gasteiger partial charge in [-0.3, -0.25) is 15.1 Å². The normalized spacial score (nSPS) is 10.4. The van der Waals surface area contributed by atoms with Crippen LogP contribution in [-0.2, 0) is 4.84 Å². The van der Waals surface area contributed by atoms with Crippen molar-refractivity contribution in [2.75, 3.05) is 5.32 Å². The van der Waals surface area contributed by atoms with Crippen molar-refractivity contribution < 1.29 is 9.63 Å². The fourth-order valence-corrected chi connectivity index (χ4v) is 1.38. The van der Waals surface area contributed by atoms with Crippen LogP contribution >= 0.6 is 11.6 Å². The molecule has 0 saturated heterocycles. The predicted octanol–water partition coefficient (Wildman–Crippen LogP) is 3.32. The van der Waals surface area contributed by atoms with Crippen LogP contribution in [0.25, 0.3) is 0 Å². The maximum absolute atomic E-state index is 11.4. The summed E-state index contributed by atoms with van der Waals surface area (Å²) in [5.74, 6) is 0. The zero-order chi connectivity index (χ0) is 13.5. The molecule has 0 aliphatic heterocycles. The lowest BCUT2D eigenvalue weighted by atomic mass is 10.3. The van der Waals surface area contributed by atoms with Gasteiger partial charge in [0.1, 0.15) is 0 Å². The Morgan fingerprint density at radius 2 is 2.05 bits per heavy atom. The molecule has 5 nitrogen and oxygen atoms in total. The molecule has 0 aliphatic rings. The molecule has 0 saturated carbocycles. The number of halogens is 1. The Hall–Kier alpha value is -2.40. The van der Waals surface area contributed by atoms with E-state index in [1.165, 1.54) is 6.21 Å².